The number of aryl methyl sites for hydroxylation is 1. The van der Waals surface area contributed by atoms with Gasteiger partial charge in [0.2, 0.25) is 0 Å². The van der Waals surface area contributed by atoms with Crippen LogP contribution in [0.2, 0.25) is 0 Å². The standard InChI is InChI=1S/C21H23F3N4O4/c1-13(27-31-4)17-9-5-7-15(25-17)8-6-12-32-28-14(2)19-16(20(29)30-3)10-11-18(26-19)21(22,23)24/h5,7,9-11H,6,8,12H2,1-4H3. The van der Waals surface area contributed by atoms with Gasteiger partial charge in [0, 0.05) is 5.69 Å². The van der Waals surface area contributed by atoms with Crippen LogP contribution in [0.3, 0.4) is 0 Å². The van der Waals surface area contributed by atoms with Gasteiger partial charge in [0.05, 0.1) is 18.4 Å². The van der Waals surface area contributed by atoms with E-state index >= 15 is 0 Å². The fraction of sp³-hybridized carbons (Fsp3) is 0.381. The van der Waals surface area contributed by atoms with E-state index in [1.165, 1.54) is 14.0 Å². The van der Waals surface area contributed by atoms with E-state index in [0.717, 1.165) is 18.9 Å². The number of carbonyl (C=O) groups is 1. The lowest BCUT2D eigenvalue weighted by Crippen LogP contribution is -2.17. The van der Waals surface area contributed by atoms with E-state index in [0.29, 0.717) is 30.3 Å². The molecule has 0 aliphatic rings. The molecule has 0 atom stereocenters. The van der Waals surface area contributed by atoms with Gasteiger partial charge in [-0.05, 0) is 51.0 Å². The Morgan fingerprint density at radius 2 is 1.78 bits per heavy atom. The second kappa shape index (κ2) is 11.2. The van der Waals surface area contributed by atoms with Gasteiger partial charge in [0.15, 0.2) is 0 Å². The van der Waals surface area contributed by atoms with Gasteiger partial charge in [-0.1, -0.05) is 16.4 Å². The van der Waals surface area contributed by atoms with Crippen molar-refractivity contribution in [3.05, 3.63) is 58.7 Å². The molecule has 2 rings (SSSR count). The summed E-state index contributed by atoms with van der Waals surface area (Å²) in [5.74, 6) is -0.825. The molecule has 172 valence electrons. The van der Waals surface area contributed by atoms with Crippen molar-refractivity contribution in [3.8, 4) is 0 Å². The van der Waals surface area contributed by atoms with Crippen LogP contribution in [0.4, 0.5) is 13.2 Å². The molecule has 0 radical (unpaired) electrons. The molecule has 2 aromatic heterocycles. The van der Waals surface area contributed by atoms with Crippen molar-refractivity contribution in [2.75, 3.05) is 20.8 Å². The van der Waals surface area contributed by atoms with E-state index in [-0.39, 0.29) is 23.6 Å². The Kier molecular flexibility index (Phi) is 8.68. The van der Waals surface area contributed by atoms with Gasteiger partial charge in [-0.15, -0.1) is 0 Å². The molecule has 0 unspecified atom stereocenters. The van der Waals surface area contributed by atoms with Gasteiger partial charge in [-0.3, -0.25) is 4.98 Å². The van der Waals surface area contributed by atoms with Crippen molar-refractivity contribution in [1.82, 2.24) is 9.97 Å². The van der Waals surface area contributed by atoms with Crippen LogP contribution in [-0.4, -0.2) is 48.2 Å². The van der Waals surface area contributed by atoms with Crippen LogP contribution in [-0.2, 0) is 27.0 Å². The van der Waals surface area contributed by atoms with E-state index in [1.54, 1.807) is 6.92 Å². The maximum atomic E-state index is 13.0. The van der Waals surface area contributed by atoms with E-state index in [4.69, 9.17) is 9.68 Å². The molecule has 8 nitrogen and oxygen atoms in total. The van der Waals surface area contributed by atoms with Gasteiger partial charge < -0.3 is 14.4 Å². The first kappa shape index (κ1) is 24.8. The van der Waals surface area contributed by atoms with Crippen molar-refractivity contribution >= 4 is 17.4 Å². The second-order valence-electron chi connectivity index (χ2n) is 6.57. The van der Waals surface area contributed by atoms with Gasteiger partial charge >= 0.3 is 12.1 Å². The molecule has 2 aromatic rings. The summed E-state index contributed by atoms with van der Waals surface area (Å²) in [6.07, 6.45) is -3.54. The lowest BCUT2D eigenvalue weighted by atomic mass is 10.1. The zero-order chi connectivity index (χ0) is 23.7. The Hall–Kier alpha value is -3.50. The van der Waals surface area contributed by atoms with Crippen LogP contribution >= 0.6 is 0 Å². The fourth-order valence-electron chi connectivity index (χ4n) is 2.68. The van der Waals surface area contributed by atoms with Crippen molar-refractivity contribution in [2.24, 2.45) is 10.3 Å². The third-order valence-electron chi connectivity index (χ3n) is 4.21. The number of alkyl halides is 3. The largest absolute Gasteiger partial charge is 0.465 e. The predicted octanol–water partition coefficient (Wildman–Crippen LogP) is 4.03. The van der Waals surface area contributed by atoms with Crippen LogP contribution in [0.5, 0.6) is 0 Å². The van der Waals surface area contributed by atoms with Gasteiger partial charge in [-0.2, -0.15) is 13.2 Å². The average Bonchev–Trinajstić information content (AvgIpc) is 2.77. The Labute approximate surface area is 183 Å². The number of nitrogens with zero attached hydrogens (tertiary/aromatic N) is 4. The third kappa shape index (κ3) is 6.76. The number of esters is 1. The summed E-state index contributed by atoms with van der Waals surface area (Å²) < 4.78 is 43.6. The highest BCUT2D eigenvalue weighted by Crippen LogP contribution is 2.28. The van der Waals surface area contributed by atoms with E-state index in [1.807, 2.05) is 18.2 Å². The van der Waals surface area contributed by atoms with Crippen LogP contribution in [0, 0.1) is 0 Å². The van der Waals surface area contributed by atoms with Gasteiger partial charge in [0.1, 0.15) is 36.5 Å². The van der Waals surface area contributed by atoms with Crippen molar-refractivity contribution in [2.45, 2.75) is 32.9 Å². The Morgan fingerprint density at radius 3 is 2.44 bits per heavy atom. The third-order valence-corrected chi connectivity index (χ3v) is 4.21. The maximum Gasteiger partial charge on any atom is 0.433 e. The summed E-state index contributed by atoms with van der Waals surface area (Å²) in [4.78, 5) is 29.9. The topological polar surface area (TPSA) is 95.3 Å². The SMILES string of the molecule is CON=C(C)c1cccc(CCCON=C(C)c2nc(C(F)(F)F)ccc2C(=O)OC)n1. The number of aromatic nitrogens is 2. The minimum atomic E-state index is -4.67. The Balaban J connectivity index is 2.05. The first-order chi connectivity index (χ1) is 15.2. The number of ether oxygens (including phenoxy) is 1. The van der Waals surface area contributed by atoms with Crippen LogP contribution in [0.15, 0.2) is 40.6 Å². The fourth-order valence-corrected chi connectivity index (χ4v) is 2.68. The molecule has 0 spiro atoms. The predicted molar refractivity (Wildman–Crippen MR) is 111 cm³/mol. The number of pyridine rings is 2. The van der Waals surface area contributed by atoms with Crippen molar-refractivity contribution in [1.29, 1.82) is 0 Å². The minimum Gasteiger partial charge on any atom is -0.465 e. The maximum absolute atomic E-state index is 13.0. The monoisotopic (exact) mass is 452 g/mol. The van der Waals surface area contributed by atoms with E-state index in [9.17, 15) is 18.0 Å². The van der Waals surface area contributed by atoms with Crippen LogP contribution < -0.4 is 0 Å². The number of carbonyl (C=O) groups excluding carboxylic acids is 1. The van der Waals surface area contributed by atoms with Crippen LogP contribution in [0.1, 0.15) is 53.4 Å². The summed E-state index contributed by atoms with van der Waals surface area (Å²) in [7, 11) is 2.58. The molecule has 11 heteroatoms. The highest BCUT2D eigenvalue weighted by atomic mass is 19.4. The second-order valence-corrected chi connectivity index (χ2v) is 6.57. The van der Waals surface area contributed by atoms with Gasteiger partial charge in [-0.25, -0.2) is 9.78 Å². The number of rotatable bonds is 9. The molecule has 2 heterocycles. The molecule has 0 fully saturated rings. The summed E-state index contributed by atoms with van der Waals surface area (Å²) in [5, 5.41) is 7.66. The number of methoxy groups -OCH3 is 1. The molecule has 0 aliphatic carbocycles. The first-order valence-corrected chi connectivity index (χ1v) is 9.55. The summed E-state index contributed by atoms with van der Waals surface area (Å²) in [6.45, 7) is 3.36. The van der Waals surface area contributed by atoms with Crippen molar-refractivity contribution in [3.63, 3.8) is 0 Å². The smallest absolute Gasteiger partial charge is 0.433 e. The van der Waals surface area contributed by atoms with E-state index < -0.39 is 17.8 Å². The lowest BCUT2D eigenvalue weighted by molar-refractivity contribution is -0.141. The quantitative estimate of drug-likeness (QED) is 0.247. The normalized spacial score (nSPS) is 12.5. The molecule has 0 bridgehead atoms. The van der Waals surface area contributed by atoms with E-state index in [2.05, 4.69) is 25.0 Å². The minimum absolute atomic E-state index is 0.0167. The number of oxime groups is 2. The molecule has 0 saturated heterocycles. The molecule has 0 aliphatic heterocycles. The zero-order valence-electron chi connectivity index (χ0n) is 18.1. The Morgan fingerprint density at radius 1 is 1.03 bits per heavy atom. The summed E-state index contributed by atoms with van der Waals surface area (Å²) in [5.41, 5.74) is 0.611. The van der Waals surface area contributed by atoms with Crippen molar-refractivity contribution < 1.29 is 32.4 Å². The molecular formula is C21H23F3N4O4. The highest BCUT2D eigenvalue weighted by Gasteiger charge is 2.34. The Bertz CT molecular complexity index is 1010. The van der Waals surface area contributed by atoms with Crippen LogP contribution in [0.25, 0.3) is 0 Å². The molecule has 0 amide bonds. The molecule has 0 N–H and O–H groups in total. The number of hydrogen-bond acceptors (Lipinski definition) is 8. The molecule has 0 aromatic carbocycles. The number of hydrogen-bond donors (Lipinski definition) is 0. The highest BCUT2D eigenvalue weighted by molar-refractivity contribution is 6.06. The van der Waals surface area contributed by atoms with Gasteiger partial charge in [0.25, 0.3) is 0 Å². The average molecular weight is 452 g/mol. The zero-order valence-corrected chi connectivity index (χ0v) is 18.1. The number of halogens is 3. The summed E-state index contributed by atoms with van der Waals surface area (Å²) in [6, 6.07) is 7.23. The first-order valence-electron chi connectivity index (χ1n) is 9.55. The lowest BCUT2D eigenvalue weighted by Gasteiger charge is -2.11. The molecule has 32 heavy (non-hydrogen) atoms. The summed E-state index contributed by atoms with van der Waals surface area (Å²) >= 11 is 0. The molecule has 0 saturated carbocycles. The molecular weight excluding hydrogens is 429 g/mol.